The summed E-state index contributed by atoms with van der Waals surface area (Å²) in [5.74, 6) is -0.700. The Morgan fingerprint density at radius 1 is 1.10 bits per heavy atom. The number of hydrogen-bond donors (Lipinski definition) is 3. The first-order valence-corrected chi connectivity index (χ1v) is 11.8. The fourth-order valence-corrected chi connectivity index (χ4v) is 6.03. The van der Waals surface area contributed by atoms with Gasteiger partial charge in [-0.25, -0.2) is 0 Å². The van der Waals surface area contributed by atoms with E-state index in [0.717, 1.165) is 36.1 Å². The molecule has 3 N–H and O–H groups in total. The van der Waals surface area contributed by atoms with Crippen molar-refractivity contribution in [3.05, 3.63) is 34.9 Å². The Kier molecular flexibility index (Phi) is 5.56. The highest BCUT2D eigenvalue weighted by molar-refractivity contribution is 6.05. The van der Waals surface area contributed by atoms with Gasteiger partial charge in [0.1, 0.15) is 6.04 Å². The number of hydrogen-bond acceptors (Lipinski definition) is 5. The zero-order chi connectivity index (χ0) is 21.4. The summed E-state index contributed by atoms with van der Waals surface area (Å²) in [5.41, 5.74) is 3.02. The molecule has 5 rings (SSSR count). The van der Waals surface area contributed by atoms with Crippen molar-refractivity contribution in [2.24, 2.45) is 0 Å². The third kappa shape index (κ3) is 4.01. The van der Waals surface area contributed by atoms with E-state index in [1.807, 2.05) is 18.2 Å². The van der Waals surface area contributed by atoms with Crippen LogP contribution in [0, 0.1) is 0 Å². The number of amides is 3. The minimum absolute atomic E-state index is 0.0871. The summed E-state index contributed by atoms with van der Waals surface area (Å²) in [6.07, 6.45) is 9.45. The van der Waals surface area contributed by atoms with Gasteiger partial charge in [-0.1, -0.05) is 37.5 Å². The molecule has 0 aromatic heterocycles. The van der Waals surface area contributed by atoms with E-state index >= 15 is 0 Å². The number of carbonyl (C=O) groups excluding carboxylic acids is 3. The summed E-state index contributed by atoms with van der Waals surface area (Å²) in [5, 5.41) is 9.91. The third-order valence-electron chi connectivity index (χ3n) is 7.66. The second kappa shape index (κ2) is 8.36. The first-order chi connectivity index (χ1) is 15.0. The van der Waals surface area contributed by atoms with Crippen molar-refractivity contribution in [3.63, 3.8) is 0 Å². The van der Waals surface area contributed by atoms with E-state index in [9.17, 15) is 14.4 Å². The van der Waals surface area contributed by atoms with Crippen molar-refractivity contribution in [3.8, 4) is 0 Å². The zero-order valence-corrected chi connectivity index (χ0v) is 18.0. The average Bonchev–Trinajstić information content (AvgIpc) is 3.10. The van der Waals surface area contributed by atoms with Gasteiger partial charge < -0.3 is 15.5 Å². The Bertz CT molecular complexity index is 887. The Morgan fingerprint density at radius 3 is 2.74 bits per heavy atom. The zero-order valence-electron chi connectivity index (χ0n) is 18.0. The maximum absolute atomic E-state index is 13.3. The van der Waals surface area contributed by atoms with Crippen LogP contribution in [-0.4, -0.2) is 46.8 Å². The standard InChI is InChI=1S/C24H32N4O3/c29-20-8-7-19(22(30)27-20)28-15-17-6-4-5-16(21(17)23(28)31)14-25-18-9-12-26-24(13-18)10-2-1-3-11-24/h4-6,18-19,25-26H,1-3,7-15H2,(H,27,29,30). The fourth-order valence-electron chi connectivity index (χ4n) is 6.03. The van der Waals surface area contributed by atoms with Crippen LogP contribution in [0.15, 0.2) is 18.2 Å². The highest BCUT2D eigenvalue weighted by atomic mass is 16.2. The van der Waals surface area contributed by atoms with Crippen LogP contribution in [0.5, 0.6) is 0 Å². The highest BCUT2D eigenvalue weighted by Crippen LogP contribution is 2.35. The lowest BCUT2D eigenvalue weighted by atomic mass is 9.75. The number of piperidine rings is 2. The number of fused-ring (bicyclic) bond motifs is 1. The molecule has 0 radical (unpaired) electrons. The van der Waals surface area contributed by atoms with Crippen molar-refractivity contribution in [1.82, 2.24) is 20.9 Å². The Hall–Kier alpha value is -2.25. The van der Waals surface area contributed by atoms with E-state index in [1.165, 1.54) is 32.1 Å². The van der Waals surface area contributed by atoms with Gasteiger partial charge in [-0.2, -0.15) is 0 Å². The molecule has 3 fully saturated rings. The van der Waals surface area contributed by atoms with Gasteiger partial charge in [0.15, 0.2) is 0 Å². The van der Waals surface area contributed by atoms with Crippen LogP contribution in [-0.2, 0) is 22.7 Å². The topological polar surface area (TPSA) is 90.5 Å². The number of carbonyl (C=O) groups is 3. The van der Waals surface area contributed by atoms with E-state index < -0.39 is 6.04 Å². The molecule has 7 heteroatoms. The molecule has 2 saturated heterocycles. The van der Waals surface area contributed by atoms with E-state index in [1.54, 1.807) is 4.90 Å². The van der Waals surface area contributed by atoms with Crippen LogP contribution in [0.4, 0.5) is 0 Å². The Labute approximate surface area is 183 Å². The number of nitrogens with one attached hydrogen (secondary N) is 3. The molecule has 4 aliphatic rings. The quantitative estimate of drug-likeness (QED) is 0.643. The average molecular weight is 425 g/mol. The van der Waals surface area contributed by atoms with Crippen LogP contribution in [0.3, 0.4) is 0 Å². The summed E-state index contributed by atoms with van der Waals surface area (Å²) in [4.78, 5) is 38.7. The summed E-state index contributed by atoms with van der Waals surface area (Å²) in [6, 6.07) is 5.90. The van der Waals surface area contributed by atoms with Crippen LogP contribution in [0.1, 0.15) is 79.3 Å². The Morgan fingerprint density at radius 2 is 1.94 bits per heavy atom. The fraction of sp³-hybridized carbons (Fsp3) is 0.625. The van der Waals surface area contributed by atoms with Crippen molar-refractivity contribution in [2.45, 2.75) is 88.5 Å². The smallest absolute Gasteiger partial charge is 0.255 e. The molecule has 3 heterocycles. The molecule has 1 aromatic carbocycles. The van der Waals surface area contributed by atoms with Crippen molar-refractivity contribution < 1.29 is 14.4 Å². The molecular formula is C24H32N4O3. The van der Waals surface area contributed by atoms with Crippen LogP contribution in [0.2, 0.25) is 0 Å². The van der Waals surface area contributed by atoms with Gasteiger partial charge in [0.05, 0.1) is 0 Å². The minimum Gasteiger partial charge on any atom is -0.322 e. The minimum atomic E-state index is -0.561. The van der Waals surface area contributed by atoms with Gasteiger partial charge in [-0.05, 0) is 49.8 Å². The first-order valence-electron chi connectivity index (χ1n) is 11.8. The molecule has 0 bridgehead atoms. The molecule has 1 saturated carbocycles. The summed E-state index contributed by atoms with van der Waals surface area (Å²) >= 11 is 0. The predicted molar refractivity (Wildman–Crippen MR) is 116 cm³/mol. The third-order valence-corrected chi connectivity index (χ3v) is 7.66. The van der Waals surface area contributed by atoms with Gasteiger partial charge in [0.25, 0.3) is 5.91 Å². The summed E-state index contributed by atoms with van der Waals surface area (Å²) < 4.78 is 0. The molecule has 1 aliphatic carbocycles. The molecule has 7 nitrogen and oxygen atoms in total. The molecule has 166 valence electrons. The van der Waals surface area contributed by atoms with Crippen molar-refractivity contribution in [1.29, 1.82) is 0 Å². The predicted octanol–water partition coefficient (Wildman–Crippen LogP) is 1.99. The molecule has 31 heavy (non-hydrogen) atoms. The SMILES string of the molecule is O=C1CCC(N2Cc3cccc(CNC4CCNC5(CCCCC5)C4)c3C2=O)C(=O)N1. The molecule has 1 aromatic rings. The molecule has 3 amide bonds. The number of rotatable bonds is 4. The van der Waals surface area contributed by atoms with Crippen LogP contribution >= 0.6 is 0 Å². The van der Waals surface area contributed by atoms with Crippen molar-refractivity contribution >= 4 is 17.7 Å². The number of benzene rings is 1. The monoisotopic (exact) mass is 424 g/mol. The second-order valence-corrected chi connectivity index (χ2v) is 9.69. The van der Waals surface area contributed by atoms with Crippen molar-refractivity contribution in [2.75, 3.05) is 6.54 Å². The van der Waals surface area contributed by atoms with Gasteiger partial charge >= 0.3 is 0 Å². The summed E-state index contributed by atoms with van der Waals surface area (Å²) in [7, 11) is 0. The molecule has 3 aliphatic heterocycles. The van der Waals surface area contributed by atoms with E-state index in [0.29, 0.717) is 31.1 Å². The first kappa shape index (κ1) is 20.6. The number of nitrogens with zero attached hydrogens (tertiary/aromatic N) is 1. The normalized spacial score (nSPS) is 28.0. The largest absolute Gasteiger partial charge is 0.322 e. The van der Waals surface area contributed by atoms with Gasteiger partial charge in [-0.3, -0.25) is 19.7 Å². The maximum atomic E-state index is 13.3. The summed E-state index contributed by atoms with van der Waals surface area (Å²) in [6.45, 7) is 2.15. The lowest BCUT2D eigenvalue weighted by Crippen LogP contribution is -2.56. The van der Waals surface area contributed by atoms with Gasteiger partial charge in [-0.15, -0.1) is 0 Å². The maximum Gasteiger partial charge on any atom is 0.255 e. The van der Waals surface area contributed by atoms with Gasteiger partial charge in [0, 0.05) is 36.7 Å². The van der Waals surface area contributed by atoms with Crippen LogP contribution < -0.4 is 16.0 Å². The Balaban J connectivity index is 1.27. The molecule has 2 unspecified atom stereocenters. The molecular weight excluding hydrogens is 392 g/mol. The lowest BCUT2D eigenvalue weighted by molar-refractivity contribution is -0.136. The van der Waals surface area contributed by atoms with E-state index in [-0.39, 0.29) is 24.1 Å². The van der Waals surface area contributed by atoms with Crippen LogP contribution in [0.25, 0.3) is 0 Å². The van der Waals surface area contributed by atoms with E-state index in [4.69, 9.17) is 0 Å². The second-order valence-electron chi connectivity index (χ2n) is 9.69. The lowest BCUT2D eigenvalue weighted by Gasteiger charge is -2.45. The van der Waals surface area contributed by atoms with Gasteiger partial charge in [0.2, 0.25) is 11.8 Å². The number of imide groups is 1. The van der Waals surface area contributed by atoms with E-state index in [2.05, 4.69) is 16.0 Å². The highest BCUT2D eigenvalue weighted by Gasteiger charge is 2.40. The molecule has 2 atom stereocenters. The molecule has 1 spiro atoms.